The lowest BCUT2D eigenvalue weighted by Gasteiger charge is -2.20. The van der Waals surface area contributed by atoms with Crippen molar-refractivity contribution in [2.75, 3.05) is 17.3 Å². The average Bonchev–Trinajstić information content (AvgIpc) is 3.82. The molecule has 14 heteroatoms. The van der Waals surface area contributed by atoms with E-state index in [1.165, 1.54) is 36.4 Å². The first kappa shape index (κ1) is 27.9. The van der Waals surface area contributed by atoms with Crippen molar-refractivity contribution in [2.24, 2.45) is 0 Å². The molecule has 0 atom stereocenters. The van der Waals surface area contributed by atoms with Gasteiger partial charge in [-0.2, -0.15) is 0 Å². The predicted molar refractivity (Wildman–Crippen MR) is 167 cm³/mol. The van der Waals surface area contributed by atoms with Crippen LogP contribution in [0.25, 0.3) is 11.4 Å². The summed E-state index contributed by atoms with van der Waals surface area (Å²) in [7, 11) is 0. The average molecular weight is 786 g/mol. The molecule has 0 aliphatic heterocycles. The van der Waals surface area contributed by atoms with Crippen LogP contribution in [0.5, 0.6) is 0 Å². The summed E-state index contributed by atoms with van der Waals surface area (Å²) in [6.07, 6.45) is 2.71. The first-order valence-corrected chi connectivity index (χ1v) is 15.0. The van der Waals surface area contributed by atoms with E-state index < -0.39 is 34.1 Å². The molecule has 2 aromatic carbocycles. The number of anilines is 2. The van der Waals surface area contributed by atoms with Gasteiger partial charge in [-0.1, -0.05) is 0 Å². The van der Waals surface area contributed by atoms with Crippen LogP contribution in [0.2, 0.25) is 0 Å². The minimum absolute atomic E-state index is 0.00479. The van der Waals surface area contributed by atoms with Gasteiger partial charge in [0, 0.05) is 31.4 Å². The Balaban J connectivity index is 1.40. The van der Waals surface area contributed by atoms with Gasteiger partial charge in [-0.05, 0) is 107 Å². The second-order valence-electron chi connectivity index (χ2n) is 9.90. The Bertz CT molecular complexity index is 1800. The SMILES string of the molecule is O=c1cc(NCNc2cc(=O)n(C3CC3)c(=O)n2-c2ccc(I)cc2F)n(-c2ccc(I)cc2F)c(=O)n1C1CC1. The fourth-order valence-electron chi connectivity index (χ4n) is 4.73. The number of benzene rings is 2. The molecule has 2 fully saturated rings. The van der Waals surface area contributed by atoms with E-state index in [1.54, 1.807) is 12.1 Å². The number of halogens is 4. The Morgan fingerprint density at radius 2 is 1.05 bits per heavy atom. The Morgan fingerprint density at radius 3 is 1.39 bits per heavy atom. The van der Waals surface area contributed by atoms with Gasteiger partial charge in [0.05, 0.1) is 18.0 Å². The van der Waals surface area contributed by atoms with Crippen LogP contribution < -0.4 is 33.1 Å². The van der Waals surface area contributed by atoms with Crippen molar-refractivity contribution >= 4 is 56.8 Å². The summed E-state index contributed by atoms with van der Waals surface area (Å²) in [5.74, 6) is -1.29. The largest absolute Gasteiger partial charge is 0.354 e. The lowest BCUT2D eigenvalue weighted by atomic mass is 10.3. The van der Waals surface area contributed by atoms with Gasteiger partial charge in [0.2, 0.25) is 0 Å². The Labute approximate surface area is 257 Å². The van der Waals surface area contributed by atoms with Crippen LogP contribution in [-0.2, 0) is 0 Å². The molecule has 0 amide bonds. The zero-order valence-electron chi connectivity index (χ0n) is 21.2. The first-order valence-electron chi connectivity index (χ1n) is 12.8. The normalized spacial score (nSPS) is 14.7. The summed E-state index contributed by atoms with van der Waals surface area (Å²) in [4.78, 5) is 52.6. The van der Waals surface area contributed by atoms with Crippen LogP contribution >= 0.6 is 45.2 Å². The van der Waals surface area contributed by atoms with Crippen LogP contribution in [0.15, 0.2) is 67.7 Å². The van der Waals surface area contributed by atoms with E-state index in [1.807, 2.05) is 45.2 Å². The first-order chi connectivity index (χ1) is 19.6. The molecule has 2 aliphatic carbocycles. The molecule has 2 aromatic heterocycles. The lowest BCUT2D eigenvalue weighted by molar-refractivity contribution is 0.593. The molecule has 10 nitrogen and oxygen atoms in total. The van der Waals surface area contributed by atoms with Crippen LogP contribution in [0.4, 0.5) is 20.4 Å². The van der Waals surface area contributed by atoms with Crippen molar-refractivity contribution in [3.05, 3.63) is 109 Å². The smallest absolute Gasteiger partial charge is 0.337 e. The van der Waals surface area contributed by atoms with Crippen molar-refractivity contribution in [3.8, 4) is 11.4 Å². The monoisotopic (exact) mass is 786 g/mol. The standard InChI is InChI=1S/C27H22F2I2N6O4/c28-18-9-14(30)1-7-20(18)36-22(11-24(38)34(26(36)40)16-3-4-16)32-13-33-23-12-25(39)35(17-5-6-17)27(41)37(23)21-8-2-15(31)10-19(21)29/h1-2,7-12,16-17,32-33H,3-6,13H2. The minimum Gasteiger partial charge on any atom is -0.354 e. The molecule has 0 spiro atoms. The highest BCUT2D eigenvalue weighted by atomic mass is 127. The molecule has 0 radical (unpaired) electrons. The van der Waals surface area contributed by atoms with E-state index in [0.29, 0.717) is 32.8 Å². The van der Waals surface area contributed by atoms with Gasteiger partial charge in [0.1, 0.15) is 23.3 Å². The van der Waals surface area contributed by atoms with E-state index in [0.717, 1.165) is 18.3 Å². The topological polar surface area (TPSA) is 112 Å². The third kappa shape index (κ3) is 5.38. The third-order valence-electron chi connectivity index (χ3n) is 6.94. The maximum absolute atomic E-state index is 15.0. The van der Waals surface area contributed by atoms with E-state index in [-0.39, 0.29) is 41.8 Å². The molecule has 0 unspecified atom stereocenters. The zero-order chi connectivity index (χ0) is 29.0. The fourth-order valence-corrected chi connectivity index (χ4v) is 5.63. The molecule has 4 aromatic rings. The maximum atomic E-state index is 15.0. The van der Waals surface area contributed by atoms with E-state index in [9.17, 15) is 19.2 Å². The lowest BCUT2D eigenvalue weighted by Crippen LogP contribution is -2.41. The summed E-state index contributed by atoms with van der Waals surface area (Å²) in [6, 6.07) is 10.7. The van der Waals surface area contributed by atoms with Crippen molar-refractivity contribution in [1.29, 1.82) is 0 Å². The second kappa shape index (κ2) is 10.8. The number of hydrogen-bond acceptors (Lipinski definition) is 6. The molecule has 0 saturated heterocycles. The van der Waals surface area contributed by atoms with Crippen LogP contribution in [0.3, 0.4) is 0 Å². The van der Waals surface area contributed by atoms with Crippen molar-refractivity contribution < 1.29 is 8.78 Å². The van der Waals surface area contributed by atoms with Crippen LogP contribution in [-0.4, -0.2) is 24.9 Å². The second-order valence-corrected chi connectivity index (χ2v) is 12.4. The molecular weight excluding hydrogens is 764 g/mol. The molecule has 2 heterocycles. The van der Waals surface area contributed by atoms with E-state index in [4.69, 9.17) is 0 Å². The maximum Gasteiger partial charge on any atom is 0.337 e. The summed E-state index contributed by atoms with van der Waals surface area (Å²) >= 11 is 3.91. The van der Waals surface area contributed by atoms with E-state index in [2.05, 4.69) is 10.6 Å². The van der Waals surface area contributed by atoms with Gasteiger partial charge < -0.3 is 10.6 Å². The summed E-state index contributed by atoms with van der Waals surface area (Å²) in [5, 5.41) is 5.82. The Kier molecular flexibility index (Phi) is 7.37. The van der Waals surface area contributed by atoms with Gasteiger partial charge in [0.15, 0.2) is 0 Å². The molecular formula is C27H22F2I2N6O4. The third-order valence-corrected chi connectivity index (χ3v) is 8.28. The fraction of sp³-hybridized carbons (Fsp3) is 0.259. The molecule has 2 aliphatic rings. The quantitative estimate of drug-likeness (QED) is 0.207. The van der Waals surface area contributed by atoms with Crippen molar-refractivity contribution in [2.45, 2.75) is 37.8 Å². The Hall–Kier alpha value is -3.28. The van der Waals surface area contributed by atoms with Crippen molar-refractivity contribution in [3.63, 3.8) is 0 Å². The van der Waals surface area contributed by atoms with Gasteiger partial charge >= 0.3 is 11.4 Å². The van der Waals surface area contributed by atoms with Gasteiger partial charge in [-0.3, -0.25) is 18.7 Å². The highest BCUT2D eigenvalue weighted by Gasteiger charge is 2.30. The predicted octanol–water partition coefficient (Wildman–Crippen LogP) is 3.95. The molecule has 6 rings (SSSR count). The number of hydrogen-bond donors (Lipinski definition) is 2. The number of nitrogens with one attached hydrogen (secondary N) is 2. The summed E-state index contributed by atoms with van der Waals surface area (Å²) in [5.41, 5.74) is -2.53. The minimum atomic E-state index is -0.687. The van der Waals surface area contributed by atoms with Crippen LogP contribution in [0.1, 0.15) is 37.8 Å². The summed E-state index contributed by atoms with van der Waals surface area (Å²) < 4.78 is 35.7. The molecule has 212 valence electrons. The van der Waals surface area contributed by atoms with Gasteiger partial charge in [-0.25, -0.2) is 27.5 Å². The highest BCUT2D eigenvalue weighted by Crippen LogP contribution is 2.33. The zero-order valence-corrected chi connectivity index (χ0v) is 25.6. The number of nitrogens with zero attached hydrogens (tertiary/aromatic N) is 4. The Morgan fingerprint density at radius 1 is 0.659 bits per heavy atom. The van der Waals surface area contributed by atoms with Crippen molar-refractivity contribution in [1.82, 2.24) is 18.3 Å². The molecule has 41 heavy (non-hydrogen) atoms. The molecule has 2 saturated carbocycles. The number of aromatic nitrogens is 4. The van der Waals surface area contributed by atoms with Crippen LogP contribution in [0, 0.1) is 18.8 Å². The van der Waals surface area contributed by atoms with Gasteiger partial charge in [0.25, 0.3) is 11.1 Å². The number of rotatable bonds is 8. The highest BCUT2D eigenvalue weighted by molar-refractivity contribution is 14.1. The van der Waals surface area contributed by atoms with Gasteiger partial charge in [-0.15, -0.1) is 0 Å². The molecule has 0 bridgehead atoms. The van der Waals surface area contributed by atoms with E-state index >= 15 is 8.78 Å². The molecule has 2 N–H and O–H groups in total. The summed E-state index contributed by atoms with van der Waals surface area (Å²) in [6.45, 7) is -0.198.